The second kappa shape index (κ2) is 6.27. The van der Waals surface area contributed by atoms with Crippen molar-refractivity contribution in [2.45, 2.75) is 13.0 Å². The molecule has 2 rings (SSSR count). The third kappa shape index (κ3) is 3.51. The van der Waals surface area contributed by atoms with Crippen molar-refractivity contribution in [1.29, 1.82) is 0 Å². The molecule has 0 aliphatic carbocycles. The summed E-state index contributed by atoms with van der Waals surface area (Å²) < 4.78 is 0. The molecular weight excluding hydrogens is 297 g/mol. The molecule has 0 spiro atoms. The molecule has 0 aliphatic heterocycles. The lowest BCUT2D eigenvalue weighted by molar-refractivity contribution is 0.102. The topological polar surface area (TPSA) is 49.3 Å². The molecule has 0 bridgehead atoms. The van der Waals surface area contributed by atoms with Gasteiger partial charge in [-0.3, -0.25) is 4.79 Å². The maximum absolute atomic E-state index is 12.1. The van der Waals surface area contributed by atoms with E-state index in [9.17, 15) is 9.90 Å². The van der Waals surface area contributed by atoms with Gasteiger partial charge in [0.1, 0.15) is 0 Å². The molecule has 5 heteroatoms. The fourth-order valence-electron chi connectivity index (χ4n) is 1.75. The van der Waals surface area contributed by atoms with Crippen LogP contribution in [-0.2, 0) is 0 Å². The van der Waals surface area contributed by atoms with E-state index in [0.29, 0.717) is 21.3 Å². The van der Waals surface area contributed by atoms with Gasteiger partial charge >= 0.3 is 0 Å². The Morgan fingerprint density at radius 1 is 1.20 bits per heavy atom. The van der Waals surface area contributed by atoms with Gasteiger partial charge in [-0.1, -0.05) is 35.3 Å². The quantitative estimate of drug-likeness (QED) is 0.888. The number of anilines is 1. The minimum atomic E-state index is -0.592. The molecule has 0 aromatic heterocycles. The number of hydrogen-bond donors (Lipinski definition) is 2. The van der Waals surface area contributed by atoms with Gasteiger partial charge < -0.3 is 10.4 Å². The van der Waals surface area contributed by atoms with Crippen LogP contribution in [0.1, 0.15) is 28.9 Å². The summed E-state index contributed by atoms with van der Waals surface area (Å²) >= 11 is 11.8. The van der Waals surface area contributed by atoms with Crippen LogP contribution < -0.4 is 5.32 Å². The predicted octanol–water partition coefficient (Wildman–Crippen LogP) is 4.30. The Morgan fingerprint density at radius 2 is 1.95 bits per heavy atom. The van der Waals surface area contributed by atoms with Gasteiger partial charge in [-0.15, -0.1) is 0 Å². The predicted molar refractivity (Wildman–Crippen MR) is 81.5 cm³/mol. The standard InChI is InChI=1S/C15H13Cl2NO2/c1-9(19)10-3-2-4-12(7-10)18-15(20)13-6-5-11(16)8-14(13)17/h2-9,19H,1H3,(H,18,20)/t9-/m0/s1. The van der Waals surface area contributed by atoms with E-state index in [-0.39, 0.29) is 5.91 Å². The van der Waals surface area contributed by atoms with Crippen molar-refractivity contribution >= 4 is 34.8 Å². The maximum Gasteiger partial charge on any atom is 0.257 e. The number of carbonyl (C=O) groups excluding carboxylic acids is 1. The zero-order valence-electron chi connectivity index (χ0n) is 10.7. The molecule has 2 N–H and O–H groups in total. The van der Waals surface area contributed by atoms with E-state index >= 15 is 0 Å². The first-order valence-corrected chi connectivity index (χ1v) is 6.77. The number of aliphatic hydroxyl groups excluding tert-OH is 1. The average molecular weight is 310 g/mol. The second-order valence-corrected chi connectivity index (χ2v) is 5.22. The largest absolute Gasteiger partial charge is 0.389 e. The smallest absolute Gasteiger partial charge is 0.257 e. The Morgan fingerprint density at radius 3 is 2.60 bits per heavy atom. The first-order valence-electron chi connectivity index (χ1n) is 6.02. The van der Waals surface area contributed by atoms with Crippen LogP contribution >= 0.6 is 23.2 Å². The van der Waals surface area contributed by atoms with Gasteiger partial charge in [0.2, 0.25) is 0 Å². The van der Waals surface area contributed by atoms with Crippen molar-refractivity contribution in [3.05, 3.63) is 63.6 Å². The third-order valence-electron chi connectivity index (χ3n) is 2.80. The molecule has 0 saturated heterocycles. The highest BCUT2D eigenvalue weighted by atomic mass is 35.5. The number of rotatable bonds is 3. The van der Waals surface area contributed by atoms with E-state index < -0.39 is 6.10 Å². The SMILES string of the molecule is C[C@H](O)c1cccc(NC(=O)c2ccc(Cl)cc2Cl)c1. The molecule has 0 fully saturated rings. The molecule has 2 aromatic rings. The van der Waals surface area contributed by atoms with Crippen LogP contribution in [0.15, 0.2) is 42.5 Å². The van der Waals surface area contributed by atoms with Crippen molar-refractivity contribution in [2.75, 3.05) is 5.32 Å². The second-order valence-electron chi connectivity index (χ2n) is 4.38. The average Bonchev–Trinajstić information content (AvgIpc) is 2.38. The third-order valence-corrected chi connectivity index (χ3v) is 3.35. The molecule has 0 heterocycles. The van der Waals surface area contributed by atoms with E-state index in [2.05, 4.69) is 5.32 Å². The van der Waals surface area contributed by atoms with Crippen LogP contribution in [0, 0.1) is 0 Å². The lowest BCUT2D eigenvalue weighted by Crippen LogP contribution is -2.12. The molecular formula is C15H13Cl2NO2. The lowest BCUT2D eigenvalue weighted by atomic mass is 10.1. The number of carbonyl (C=O) groups is 1. The Kier molecular flexibility index (Phi) is 4.65. The molecule has 2 aromatic carbocycles. The minimum absolute atomic E-state index is 0.293. The number of aliphatic hydroxyl groups is 1. The molecule has 0 radical (unpaired) electrons. The maximum atomic E-state index is 12.1. The van der Waals surface area contributed by atoms with Crippen LogP contribution in [0.25, 0.3) is 0 Å². The Balaban J connectivity index is 2.21. The molecule has 20 heavy (non-hydrogen) atoms. The van der Waals surface area contributed by atoms with E-state index in [1.54, 1.807) is 43.3 Å². The summed E-state index contributed by atoms with van der Waals surface area (Å²) in [6.45, 7) is 1.66. The Hall–Kier alpha value is -1.55. The highest BCUT2D eigenvalue weighted by Crippen LogP contribution is 2.23. The highest BCUT2D eigenvalue weighted by Gasteiger charge is 2.11. The van der Waals surface area contributed by atoms with Gasteiger partial charge in [0.15, 0.2) is 0 Å². The fraction of sp³-hybridized carbons (Fsp3) is 0.133. The summed E-state index contributed by atoms with van der Waals surface area (Å²) in [6.07, 6.45) is -0.592. The number of hydrogen-bond acceptors (Lipinski definition) is 2. The minimum Gasteiger partial charge on any atom is -0.389 e. The summed E-state index contributed by atoms with van der Waals surface area (Å²) in [4.78, 5) is 12.1. The summed E-state index contributed by atoms with van der Waals surface area (Å²) in [6, 6.07) is 11.7. The fourth-order valence-corrected chi connectivity index (χ4v) is 2.24. The molecule has 1 amide bonds. The van der Waals surface area contributed by atoms with Crippen molar-refractivity contribution in [3.8, 4) is 0 Å². The summed E-state index contributed by atoms with van der Waals surface area (Å²) in [7, 11) is 0. The molecule has 1 atom stereocenters. The van der Waals surface area contributed by atoms with Crippen LogP contribution in [0.3, 0.4) is 0 Å². The number of amides is 1. The van der Waals surface area contributed by atoms with E-state index in [1.165, 1.54) is 6.07 Å². The first-order chi connectivity index (χ1) is 9.47. The van der Waals surface area contributed by atoms with Crippen molar-refractivity contribution in [1.82, 2.24) is 0 Å². The van der Waals surface area contributed by atoms with Crippen LogP contribution in [0.2, 0.25) is 10.0 Å². The van der Waals surface area contributed by atoms with E-state index in [1.807, 2.05) is 0 Å². The van der Waals surface area contributed by atoms with Crippen molar-refractivity contribution in [2.24, 2.45) is 0 Å². The zero-order chi connectivity index (χ0) is 14.7. The van der Waals surface area contributed by atoms with E-state index in [0.717, 1.165) is 5.56 Å². The molecule has 3 nitrogen and oxygen atoms in total. The summed E-state index contributed by atoms with van der Waals surface area (Å²) in [5.41, 5.74) is 1.67. The first kappa shape index (κ1) is 14.9. The monoisotopic (exact) mass is 309 g/mol. The summed E-state index contributed by atoms with van der Waals surface area (Å²) in [5, 5.41) is 13.0. The van der Waals surface area contributed by atoms with Crippen LogP contribution in [0.5, 0.6) is 0 Å². The van der Waals surface area contributed by atoms with Crippen molar-refractivity contribution < 1.29 is 9.90 Å². The van der Waals surface area contributed by atoms with Crippen LogP contribution in [-0.4, -0.2) is 11.0 Å². The normalized spacial score (nSPS) is 12.0. The number of halogens is 2. The zero-order valence-corrected chi connectivity index (χ0v) is 12.2. The van der Waals surface area contributed by atoms with Crippen molar-refractivity contribution in [3.63, 3.8) is 0 Å². The highest BCUT2D eigenvalue weighted by molar-refractivity contribution is 6.37. The molecule has 0 saturated carbocycles. The Labute approximate surface area is 127 Å². The lowest BCUT2D eigenvalue weighted by Gasteiger charge is -2.10. The Bertz CT molecular complexity index is 642. The summed E-state index contributed by atoms with van der Waals surface area (Å²) in [5.74, 6) is -0.325. The van der Waals surface area contributed by atoms with Crippen LogP contribution in [0.4, 0.5) is 5.69 Å². The van der Waals surface area contributed by atoms with Gasteiger partial charge in [0.05, 0.1) is 16.7 Å². The van der Waals surface area contributed by atoms with Gasteiger partial charge in [-0.05, 0) is 42.8 Å². The van der Waals surface area contributed by atoms with Gasteiger partial charge in [-0.25, -0.2) is 0 Å². The van der Waals surface area contributed by atoms with Gasteiger partial charge in [-0.2, -0.15) is 0 Å². The van der Waals surface area contributed by atoms with Gasteiger partial charge in [0.25, 0.3) is 5.91 Å². The van der Waals surface area contributed by atoms with Gasteiger partial charge in [0, 0.05) is 10.7 Å². The van der Waals surface area contributed by atoms with E-state index in [4.69, 9.17) is 23.2 Å². The molecule has 104 valence electrons. The molecule has 0 unspecified atom stereocenters. The number of nitrogens with one attached hydrogen (secondary N) is 1. The number of benzene rings is 2. The molecule has 0 aliphatic rings.